The zero-order valence-electron chi connectivity index (χ0n) is 10.8. The molecule has 19 heavy (non-hydrogen) atoms. The van der Waals surface area contributed by atoms with Gasteiger partial charge in [-0.05, 0) is 32.0 Å². The minimum absolute atomic E-state index is 0.103. The van der Waals surface area contributed by atoms with Crippen molar-refractivity contribution >= 4 is 5.90 Å². The van der Waals surface area contributed by atoms with Crippen LogP contribution in [0, 0.1) is 0 Å². The van der Waals surface area contributed by atoms with Crippen molar-refractivity contribution < 1.29 is 22.6 Å². The summed E-state index contributed by atoms with van der Waals surface area (Å²) in [5.41, 5.74) is -0.699. The summed E-state index contributed by atoms with van der Waals surface area (Å²) in [5, 5.41) is 0. The van der Waals surface area contributed by atoms with Crippen molar-refractivity contribution in [2.45, 2.75) is 25.6 Å². The van der Waals surface area contributed by atoms with Crippen LogP contribution in [0.2, 0.25) is 0 Å². The molecule has 104 valence electrons. The van der Waals surface area contributed by atoms with Crippen LogP contribution in [-0.2, 0) is 10.9 Å². The van der Waals surface area contributed by atoms with Crippen LogP contribution in [0.5, 0.6) is 5.75 Å². The van der Waals surface area contributed by atoms with Gasteiger partial charge in [-0.1, -0.05) is 0 Å². The molecule has 1 heterocycles. The van der Waals surface area contributed by atoms with Crippen LogP contribution >= 0.6 is 0 Å². The quantitative estimate of drug-likeness (QED) is 0.828. The van der Waals surface area contributed by atoms with Crippen molar-refractivity contribution in [2.24, 2.45) is 4.99 Å². The molecule has 0 fully saturated rings. The zero-order valence-corrected chi connectivity index (χ0v) is 10.8. The molecule has 0 aromatic heterocycles. The average molecular weight is 273 g/mol. The van der Waals surface area contributed by atoms with E-state index in [1.54, 1.807) is 0 Å². The highest BCUT2D eigenvalue weighted by Gasteiger charge is 2.33. The second-order valence-corrected chi connectivity index (χ2v) is 4.93. The average Bonchev–Trinajstić information content (AvgIpc) is 2.67. The molecule has 1 aromatic carbocycles. The van der Waals surface area contributed by atoms with Gasteiger partial charge in [-0.15, -0.1) is 0 Å². The van der Waals surface area contributed by atoms with Crippen molar-refractivity contribution in [2.75, 3.05) is 13.7 Å². The first-order valence-corrected chi connectivity index (χ1v) is 5.71. The summed E-state index contributed by atoms with van der Waals surface area (Å²) in [6, 6.07) is 3.27. The third-order valence-electron chi connectivity index (χ3n) is 2.73. The van der Waals surface area contributed by atoms with Gasteiger partial charge in [0, 0.05) is 0 Å². The SMILES string of the molecule is COc1cc(C(F)(F)F)ccc1C1=NC(C)(C)CO1. The number of alkyl halides is 3. The van der Waals surface area contributed by atoms with E-state index in [1.165, 1.54) is 13.2 Å². The number of hydrogen-bond acceptors (Lipinski definition) is 3. The fourth-order valence-corrected chi connectivity index (χ4v) is 1.77. The van der Waals surface area contributed by atoms with E-state index in [0.29, 0.717) is 18.1 Å². The molecule has 0 aliphatic carbocycles. The monoisotopic (exact) mass is 273 g/mol. The van der Waals surface area contributed by atoms with Gasteiger partial charge in [0.2, 0.25) is 5.90 Å². The molecule has 0 unspecified atom stereocenters. The lowest BCUT2D eigenvalue weighted by atomic mass is 10.1. The van der Waals surface area contributed by atoms with E-state index in [9.17, 15) is 13.2 Å². The second kappa shape index (κ2) is 4.43. The van der Waals surface area contributed by atoms with Gasteiger partial charge in [0.15, 0.2) is 0 Å². The van der Waals surface area contributed by atoms with Gasteiger partial charge in [0.1, 0.15) is 12.4 Å². The normalized spacial score (nSPS) is 17.9. The molecule has 1 aliphatic heterocycles. The molecule has 2 rings (SSSR count). The highest BCUT2D eigenvalue weighted by Crippen LogP contribution is 2.34. The Kier molecular flexibility index (Phi) is 3.20. The summed E-state index contributed by atoms with van der Waals surface area (Å²) >= 11 is 0. The Morgan fingerprint density at radius 3 is 2.47 bits per heavy atom. The van der Waals surface area contributed by atoms with E-state index < -0.39 is 11.7 Å². The first-order chi connectivity index (χ1) is 8.73. The molecule has 3 nitrogen and oxygen atoms in total. The molecule has 0 N–H and O–H groups in total. The topological polar surface area (TPSA) is 30.8 Å². The van der Waals surface area contributed by atoms with Gasteiger partial charge < -0.3 is 9.47 Å². The summed E-state index contributed by atoms with van der Waals surface area (Å²) < 4.78 is 48.3. The van der Waals surface area contributed by atoms with Gasteiger partial charge in [0.05, 0.1) is 23.8 Å². The maximum atomic E-state index is 12.6. The number of hydrogen-bond donors (Lipinski definition) is 0. The van der Waals surface area contributed by atoms with E-state index in [1.807, 2.05) is 13.8 Å². The molecule has 1 aromatic rings. The van der Waals surface area contributed by atoms with E-state index in [4.69, 9.17) is 9.47 Å². The fourth-order valence-electron chi connectivity index (χ4n) is 1.77. The number of aliphatic imine (C=N–C) groups is 1. The molecule has 0 saturated carbocycles. The molecule has 0 atom stereocenters. The number of nitrogens with zero attached hydrogens (tertiary/aromatic N) is 1. The lowest BCUT2D eigenvalue weighted by molar-refractivity contribution is -0.137. The smallest absolute Gasteiger partial charge is 0.416 e. The van der Waals surface area contributed by atoms with Crippen LogP contribution < -0.4 is 4.74 Å². The second-order valence-electron chi connectivity index (χ2n) is 4.93. The lowest BCUT2D eigenvalue weighted by Gasteiger charge is -2.12. The summed E-state index contributed by atoms with van der Waals surface area (Å²) in [7, 11) is 1.32. The first-order valence-electron chi connectivity index (χ1n) is 5.71. The number of rotatable bonds is 2. The summed E-state index contributed by atoms with van der Waals surface area (Å²) in [6.45, 7) is 4.17. The Morgan fingerprint density at radius 1 is 1.32 bits per heavy atom. The van der Waals surface area contributed by atoms with Crippen LogP contribution in [0.15, 0.2) is 23.2 Å². The van der Waals surface area contributed by atoms with Gasteiger partial charge in [-0.3, -0.25) is 0 Å². The van der Waals surface area contributed by atoms with Crippen molar-refractivity contribution in [1.82, 2.24) is 0 Å². The maximum absolute atomic E-state index is 12.6. The Morgan fingerprint density at radius 2 is 2.00 bits per heavy atom. The third-order valence-corrected chi connectivity index (χ3v) is 2.73. The van der Waals surface area contributed by atoms with Crippen molar-refractivity contribution in [3.63, 3.8) is 0 Å². The van der Waals surface area contributed by atoms with Crippen LogP contribution in [0.1, 0.15) is 25.0 Å². The van der Waals surface area contributed by atoms with Crippen molar-refractivity contribution in [3.05, 3.63) is 29.3 Å². The van der Waals surface area contributed by atoms with Gasteiger partial charge >= 0.3 is 6.18 Å². The summed E-state index contributed by atoms with van der Waals surface area (Å²) in [5.74, 6) is 0.418. The van der Waals surface area contributed by atoms with Gasteiger partial charge in [-0.25, -0.2) is 4.99 Å². The third kappa shape index (κ3) is 2.83. The Bertz CT molecular complexity index is 521. The molecule has 6 heteroatoms. The highest BCUT2D eigenvalue weighted by atomic mass is 19.4. The summed E-state index contributed by atoms with van der Waals surface area (Å²) in [4.78, 5) is 4.32. The number of methoxy groups -OCH3 is 1. The van der Waals surface area contributed by atoms with Crippen LogP contribution in [0.4, 0.5) is 13.2 Å². The molecular formula is C13H14F3NO2. The molecule has 1 aliphatic rings. The molecule has 0 bridgehead atoms. The van der Waals surface area contributed by atoms with Gasteiger partial charge in [-0.2, -0.15) is 13.2 Å². The molecule has 0 amide bonds. The van der Waals surface area contributed by atoms with E-state index >= 15 is 0 Å². The van der Waals surface area contributed by atoms with Crippen LogP contribution in [0.25, 0.3) is 0 Å². The standard InChI is InChI=1S/C13H14F3NO2/c1-12(2)7-19-11(17-12)9-5-4-8(13(14,15)16)6-10(9)18-3/h4-6H,7H2,1-3H3. The van der Waals surface area contributed by atoms with Crippen molar-refractivity contribution in [3.8, 4) is 5.75 Å². The molecule has 0 saturated heterocycles. The Hall–Kier alpha value is -1.72. The minimum Gasteiger partial charge on any atom is -0.496 e. The number of halogens is 3. The largest absolute Gasteiger partial charge is 0.496 e. The minimum atomic E-state index is -4.40. The van der Waals surface area contributed by atoms with Crippen molar-refractivity contribution in [1.29, 1.82) is 0 Å². The fraction of sp³-hybridized carbons (Fsp3) is 0.462. The molecule has 0 radical (unpaired) electrons. The van der Waals surface area contributed by atoms with E-state index in [-0.39, 0.29) is 11.3 Å². The predicted octanol–water partition coefficient (Wildman–Crippen LogP) is 3.27. The lowest BCUT2D eigenvalue weighted by Crippen LogP contribution is -2.17. The van der Waals surface area contributed by atoms with Gasteiger partial charge in [0.25, 0.3) is 0 Å². The maximum Gasteiger partial charge on any atom is 0.416 e. The molecular weight excluding hydrogens is 259 g/mol. The first kappa shape index (κ1) is 13.7. The number of ether oxygens (including phenoxy) is 2. The van der Waals surface area contributed by atoms with E-state index in [0.717, 1.165) is 12.1 Å². The van der Waals surface area contributed by atoms with E-state index in [2.05, 4.69) is 4.99 Å². The highest BCUT2D eigenvalue weighted by molar-refractivity contribution is 5.98. The molecule has 0 spiro atoms. The number of benzene rings is 1. The zero-order chi connectivity index (χ0) is 14.3. The predicted molar refractivity (Wildman–Crippen MR) is 64.6 cm³/mol. The Balaban J connectivity index is 2.43. The Labute approximate surface area is 109 Å². The van der Waals surface area contributed by atoms with Crippen LogP contribution in [0.3, 0.4) is 0 Å². The van der Waals surface area contributed by atoms with Crippen LogP contribution in [-0.4, -0.2) is 25.2 Å². The summed E-state index contributed by atoms with van der Waals surface area (Å²) in [6.07, 6.45) is -4.40.